The van der Waals surface area contributed by atoms with Gasteiger partial charge in [-0.25, -0.2) is 4.79 Å². The maximum absolute atomic E-state index is 11.6. The zero-order valence-corrected chi connectivity index (χ0v) is 10.9. The summed E-state index contributed by atoms with van der Waals surface area (Å²) >= 11 is 0. The minimum Gasteiger partial charge on any atom is -0.503 e. The van der Waals surface area contributed by atoms with Crippen molar-refractivity contribution in [1.82, 2.24) is 0 Å². The standard InChI is InChI=1S/C12H18N2O4/c1-12(2,3)18-11(16)14-8-5-7(13)6-9(17-4)10(8)15/h5-6,15H,13H2,1-4H3,(H,14,16). The number of rotatable bonds is 2. The van der Waals surface area contributed by atoms with Gasteiger partial charge in [-0.3, -0.25) is 5.32 Å². The van der Waals surface area contributed by atoms with Crippen LogP contribution in [0.4, 0.5) is 16.2 Å². The Kier molecular flexibility index (Phi) is 3.90. The molecular weight excluding hydrogens is 236 g/mol. The summed E-state index contributed by atoms with van der Waals surface area (Å²) in [6.45, 7) is 5.23. The lowest BCUT2D eigenvalue weighted by molar-refractivity contribution is 0.0635. The Hall–Kier alpha value is -2.11. The highest BCUT2D eigenvalue weighted by atomic mass is 16.6. The smallest absolute Gasteiger partial charge is 0.412 e. The molecule has 0 fully saturated rings. The molecule has 4 N–H and O–H groups in total. The van der Waals surface area contributed by atoms with Gasteiger partial charge in [0.2, 0.25) is 0 Å². The van der Waals surface area contributed by atoms with Crippen LogP contribution in [-0.4, -0.2) is 23.9 Å². The van der Waals surface area contributed by atoms with Gasteiger partial charge in [-0.1, -0.05) is 0 Å². The number of ether oxygens (including phenoxy) is 2. The van der Waals surface area contributed by atoms with Crippen molar-refractivity contribution in [3.63, 3.8) is 0 Å². The third-order valence-corrected chi connectivity index (χ3v) is 1.95. The number of amides is 1. The SMILES string of the molecule is COc1cc(N)cc(NC(=O)OC(C)(C)C)c1O. The molecule has 0 radical (unpaired) electrons. The molecule has 0 unspecified atom stereocenters. The van der Waals surface area contributed by atoms with E-state index in [1.807, 2.05) is 0 Å². The number of methoxy groups -OCH3 is 1. The van der Waals surface area contributed by atoms with Crippen molar-refractivity contribution in [2.24, 2.45) is 0 Å². The first-order valence-electron chi connectivity index (χ1n) is 5.39. The van der Waals surface area contributed by atoms with Crippen LogP contribution in [0.25, 0.3) is 0 Å². The molecular formula is C12H18N2O4. The van der Waals surface area contributed by atoms with Gasteiger partial charge in [0.15, 0.2) is 11.5 Å². The summed E-state index contributed by atoms with van der Waals surface area (Å²) in [5.74, 6) is -0.0152. The van der Waals surface area contributed by atoms with E-state index in [0.717, 1.165) is 0 Å². The Bertz CT molecular complexity index is 452. The molecule has 6 nitrogen and oxygen atoms in total. The number of carbonyl (C=O) groups is 1. The topological polar surface area (TPSA) is 93.8 Å². The number of aromatic hydroxyl groups is 1. The number of nitrogens with two attached hydrogens (primary N) is 1. The molecule has 0 heterocycles. The van der Waals surface area contributed by atoms with Crippen LogP contribution in [0.15, 0.2) is 12.1 Å². The van der Waals surface area contributed by atoms with Crippen LogP contribution in [0.3, 0.4) is 0 Å². The molecule has 0 saturated carbocycles. The number of nitrogens with one attached hydrogen (secondary N) is 1. The first kappa shape index (κ1) is 14.0. The predicted molar refractivity (Wildman–Crippen MR) is 68.9 cm³/mol. The molecule has 6 heteroatoms. The number of phenols is 1. The number of anilines is 2. The molecule has 18 heavy (non-hydrogen) atoms. The second-order valence-electron chi connectivity index (χ2n) is 4.75. The number of carbonyl (C=O) groups excluding carboxylic acids is 1. The first-order chi connectivity index (χ1) is 8.23. The third-order valence-electron chi connectivity index (χ3n) is 1.95. The molecule has 0 aliphatic heterocycles. The van der Waals surface area contributed by atoms with Crippen LogP contribution >= 0.6 is 0 Å². The summed E-state index contributed by atoms with van der Waals surface area (Å²) in [7, 11) is 1.39. The average molecular weight is 254 g/mol. The van der Waals surface area contributed by atoms with Crippen LogP contribution in [-0.2, 0) is 4.74 Å². The van der Waals surface area contributed by atoms with E-state index in [-0.39, 0.29) is 17.2 Å². The van der Waals surface area contributed by atoms with E-state index in [4.69, 9.17) is 15.2 Å². The van der Waals surface area contributed by atoms with E-state index in [2.05, 4.69) is 5.32 Å². The minimum absolute atomic E-state index is 0.140. The molecule has 1 aromatic rings. The molecule has 0 aliphatic rings. The molecule has 0 spiro atoms. The van der Waals surface area contributed by atoms with Gasteiger partial charge < -0.3 is 20.3 Å². The van der Waals surface area contributed by atoms with Gasteiger partial charge in [-0.15, -0.1) is 0 Å². The maximum atomic E-state index is 11.6. The summed E-state index contributed by atoms with van der Waals surface area (Å²) in [5, 5.41) is 12.2. The number of hydrogen-bond donors (Lipinski definition) is 3. The van der Waals surface area contributed by atoms with E-state index in [0.29, 0.717) is 5.69 Å². The van der Waals surface area contributed by atoms with Crippen molar-refractivity contribution < 1.29 is 19.4 Å². The Morgan fingerprint density at radius 1 is 1.39 bits per heavy atom. The van der Waals surface area contributed by atoms with Crippen LogP contribution in [0.2, 0.25) is 0 Å². The summed E-state index contributed by atoms with van der Waals surface area (Å²) in [6.07, 6.45) is -0.676. The molecule has 0 aromatic heterocycles. The highest BCUT2D eigenvalue weighted by molar-refractivity contribution is 5.88. The second kappa shape index (κ2) is 5.03. The van der Waals surface area contributed by atoms with E-state index >= 15 is 0 Å². The lowest BCUT2D eigenvalue weighted by Crippen LogP contribution is -2.27. The Balaban J connectivity index is 2.91. The summed E-state index contributed by atoms with van der Waals surface area (Å²) < 4.78 is 9.99. The van der Waals surface area contributed by atoms with Crippen LogP contribution < -0.4 is 15.8 Å². The fourth-order valence-electron chi connectivity index (χ4n) is 1.29. The van der Waals surface area contributed by atoms with Gasteiger partial charge in [0.1, 0.15) is 5.60 Å². The average Bonchev–Trinajstić information content (AvgIpc) is 2.20. The fourth-order valence-corrected chi connectivity index (χ4v) is 1.29. The second-order valence-corrected chi connectivity index (χ2v) is 4.75. The minimum atomic E-state index is -0.676. The fraction of sp³-hybridized carbons (Fsp3) is 0.417. The van der Waals surface area contributed by atoms with Gasteiger partial charge in [0.05, 0.1) is 12.8 Å². The monoisotopic (exact) mass is 254 g/mol. The molecule has 100 valence electrons. The Morgan fingerprint density at radius 3 is 2.50 bits per heavy atom. The molecule has 0 saturated heterocycles. The first-order valence-corrected chi connectivity index (χ1v) is 5.39. The number of phenolic OH excluding ortho intramolecular Hbond substituents is 1. The van der Waals surface area contributed by atoms with E-state index in [1.165, 1.54) is 19.2 Å². The van der Waals surface area contributed by atoms with Crippen LogP contribution in [0.1, 0.15) is 20.8 Å². The van der Waals surface area contributed by atoms with Gasteiger partial charge in [-0.05, 0) is 26.8 Å². The molecule has 1 rings (SSSR count). The molecule has 0 aliphatic carbocycles. The Labute approximate surface area is 106 Å². The molecule has 1 aromatic carbocycles. The van der Waals surface area contributed by atoms with Crippen LogP contribution in [0.5, 0.6) is 11.5 Å². The molecule has 0 bridgehead atoms. The quantitative estimate of drug-likeness (QED) is 0.428. The van der Waals surface area contributed by atoms with E-state index in [1.54, 1.807) is 20.8 Å². The normalized spacial score (nSPS) is 10.9. The largest absolute Gasteiger partial charge is 0.503 e. The number of nitrogen functional groups attached to an aromatic ring is 1. The van der Waals surface area contributed by atoms with Gasteiger partial charge >= 0.3 is 6.09 Å². The van der Waals surface area contributed by atoms with Gasteiger partial charge in [0, 0.05) is 11.8 Å². The van der Waals surface area contributed by atoms with Crippen molar-refractivity contribution in [2.75, 3.05) is 18.2 Å². The summed E-state index contributed by atoms with van der Waals surface area (Å²) in [5.41, 5.74) is 5.50. The number of benzene rings is 1. The van der Waals surface area contributed by atoms with E-state index in [9.17, 15) is 9.90 Å². The van der Waals surface area contributed by atoms with Crippen molar-refractivity contribution >= 4 is 17.5 Å². The predicted octanol–water partition coefficient (Wildman–Crippen LogP) is 2.33. The maximum Gasteiger partial charge on any atom is 0.412 e. The number of hydrogen-bond acceptors (Lipinski definition) is 5. The molecule has 0 atom stereocenters. The van der Waals surface area contributed by atoms with Crippen LogP contribution in [0, 0.1) is 0 Å². The highest BCUT2D eigenvalue weighted by Crippen LogP contribution is 2.36. The Morgan fingerprint density at radius 2 is 2.00 bits per heavy atom. The summed E-state index contributed by atoms with van der Waals surface area (Å²) in [4.78, 5) is 11.6. The van der Waals surface area contributed by atoms with Crippen molar-refractivity contribution in [3.8, 4) is 11.5 Å². The summed E-state index contributed by atoms with van der Waals surface area (Å²) in [6, 6.07) is 2.87. The lowest BCUT2D eigenvalue weighted by Gasteiger charge is -2.20. The lowest BCUT2D eigenvalue weighted by atomic mass is 10.2. The molecule has 1 amide bonds. The third kappa shape index (κ3) is 3.73. The zero-order chi connectivity index (χ0) is 13.9. The van der Waals surface area contributed by atoms with E-state index < -0.39 is 11.7 Å². The van der Waals surface area contributed by atoms with Gasteiger partial charge in [-0.2, -0.15) is 0 Å². The highest BCUT2D eigenvalue weighted by Gasteiger charge is 2.18. The van der Waals surface area contributed by atoms with Crippen molar-refractivity contribution in [3.05, 3.63) is 12.1 Å². The zero-order valence-electron chi connectivity index (χ0n) is 10.9. The van der Waals surface area contributed by atoms with Crippen molar-refractivity contribution in [1.29, 1.82) is 0 Å². The van der Waals surface area contributed by atoms with Crippen molar-refractivity contribution in [2.45, 2.75) is 26.4 Å². The van der Waals surface area contributed by atoms with Gasteiger partial charge in [0.25, 0.3) is 0 Å².